The lowest BCUT2D eigenvalue weighted by molar-refractivity contribution is -0.137. The monoisotopic (exact) mass is 482 g/mol. The van der Waals surface area contributed by atoms with Crippen molar-refractivity contribution in [2.75, 3.05) is 29.9 Å². The van der Waals surface area contributed by atoms with Crippen LogP contribution in [0.25, 0.3) is 0 Å². The van der Waals surface area contributed by atoms with Crippen molar-refractivity contribution in [2.45, 2.75) is 32.9 Å². The molecule has 1 saturated heterocycles. The molecule has 0 atom stereocenters. The number of benzene rings is 1. The second-order valence-corrected chi connectivity index (χ2v) is 8.83. The van der Waals surface area contributed by atoms with Crippen molar-refractivity contribution in [2.24, 2.45) is 11.8 Å². The zero-order valence-electron chi connectivity index (χ0n) is 18.4. The molecule has 6 nitrogen and oxygen atoms in total. The zero-order valence-corrected chi connectivity index (χ0v) is 19.1. The Morgan fingerprint density at radius 3 is 2.48 bits per heavy atom. The normalized spacial score (nSPS) is 14.9. The van der Waals surface area contributed by atoms with Gasteiger partial charge >= 0.3 is 6.18 Å². The van der Waals surface area contributed by atoms with Crippen LogP contribution in [0.1, 0.15) is 42.6 Å². The molecule has 3 rings (SSSR count). The molecule has 1 aromatic carbocycles. The second-order valence-electron chi connectivity index (χ2n) is 8.43. The smallest absolute Gasteiger partial charge is 0.355 e. The van der Waals surface area contributed by atoms with Gasteiger partial charge in [0.1, 0.15) is 5.82 Å². The molecule has 1 aliphatic heterocycles. The third-order valence-electron chi connectivity index (χ3n) is 5.41. The molecule has 2 heterocycles. The number of alkyl halides is 3. The Kier molecular flexibility index (Phi) is 7.84. The molecule has 1 fully saturated rings. The topological polar surface area (TPSA) is 74.3 Å². The molecule has 2 amide bonds. The third kappa shape index (κ3) is 6.37. The van der Waals surface area contributed by atoms with E-state index in [4.69, 9.17) is 11.6 Å². The number of nitrogens with zero attached hydrogens (tertiary/aromatic N) is 2. The first-order valence-corrected chi connectivity index (χ1v) is 11.1. The average Bonchev–Trinajstić information content (AvgIpc) is 2.77. The summed E-state index contributed by atoms with van der Waals surface area (Å²) in [7, 11) is 0. The van der Waals surface area contributed by atoms with E-state index in [1.165, 1.54) is 0 Å². The van der Waals surface area contributed by atoms with Gasteiger partial charge < -0.3 is 15.5 Å². The van der Waals surface area contributed by atoms with E-state index in [-0.39, 0.29) is 28.6 Å². The van der Waals surface area contributed by atoms with Gasteiger partial charge in [0, 0.05) is 31.7 Å². The largest absolute Gasteiger partial charge is 0.417 e. The van der Waals surface area contributed by atoms with Crippen molar-refractivity contribution in [3.8, 4) is 0 Å². The molecule has 10 heteroatoms. The number of para-hydroxylation sites is 1. The van der Waals surface area contributed by atoms with E-state index in [1.54, 1.807) is 29.2 Å². The molecule has 33 heavy (non-hydrogen) atoms. The number of amides is 2. The molecule has 0 saturated carbocycles. The summed E-state index contributed by atoms with van der Waals surface area (Å²) in [4.78, 5) is 31.0. The van der Waals surface area contributed by atoms with Crippen LogP contribution in [-0.2, 0) is 11.0 Å². The summed E-state index contributed by atoms with van der Waals surface area (Å²) >= 11 is 6.05. The lowest BCUT2D eigenvalue weighted by Gasteiger charge is -2.32. The Bertz CT molecular complexity index is 1010. The minimum absolute atomic E-state index is 0.0749. The van der Waals surface area contributed by atoms with Crippen LogP contribution in [0.5, 0.6) is 0 Å². The number of hydrogen-bond acceptors (Lipinski definition) is 4. The highest BCUT2D eigenvalue weighted by Gasteiger charge is 2.33. The quantitative estimate of drug-likeness (QED) is 0.608. The van der Waals surface area contributed by atoms with Crippen LogP contribution in [-0.4, -0.2) is 36.4 Å². The van der Waals surface area contributed by atoms with Crippen molar-refractivity contribution in [3.63, 3.8) is 0 Å². The molecule has 2 N–H and O–H groups in total. The van der Waals surface area contributed by atoms with E-state index < -0.39 is 11.7 Å². The van der Waals surface area contributed by atoms with E-state index in [9.17, 15) is 22.8 Å². The first-order chi connectivity index (χ1) is 15.6. The zero-order chi connectivity index (χ0) is 24.2. The van der Waals surface area contributed by atoms with E-state index in [0.29, 0.717) is 49.6 Å². The number of piperidine rings is 1. The summed E-state index contributed by atoms with van der Waals surface area (Å²) in [5, 5.41) is 5.63. The Morgan fingerprint density at radius 2 is 1.88 bits per heavy atom. The Morgan fingerprint density at radius 1 is 1.21 bits per heavy atom. The van der Waals surface area contributed by atoms with Crippen LogP contribution < -0.4 is 15.5 Å². The maximum atomic E-state index is 12.8. The highest BCUT2D eigenvalue weighted by Crippen LogP contribution is 2.34. The van der Waals surface area contributed by atoms with Crippen LogP contribution >= 0.6 is 11.6 Å². The highest BCUT2D eigenvalue weighted by molar-refractivity contribution is 6.33. The Labute approximate surface area is 195 Å². The second kappa shape index (κ2) is 10.4. The lowest BCUT2D eigenvalue weighted by atomic mass is 9.95. The SMILES string of the molecule is CC(C)CNC(=O)c1ccccc1NC(=O)C1CCN(c2ncc(C(F)(F)F)cc2Cl)CC1. The first-order valence-electron chi connectivity index (χ1n) is 10.7. The lowest BCUT2D eigenvalue weighted by Crippen LogP contribution is -2.39. The van der Waals surface area contributed by atoms with Crippen LogP contribution in [0.3, 0.4) is 0 Å². The number of aromatic nitrogens is 1. The van der Waals surface area contributed by atoms with Crippen molar-refractivity contribution in [1.82, 2.24) is 10.3 Å². The van der Waals surface area contributed by atoms with Gasteiger partial charge in [-0.1, -0.05) is 37.6 Å². The van der Waals surface area contributed by atoms with Crippen LogP contribution in [0, 0.1) is 11.8 Å². The summed E-state index contributed by atoms with van der Waals surface area (Å²) < 4.78 is 38.5. The number of carbonyl (C=O) groups excluding carboxylic acids is 2. The van der Waals surface area contributed by atoms with Gasteiger partial charge in [-0.2, -0.15) is 13.2 Å². The third-order valence-corrected chi connectivity index (χ3v) is 5.69. The number of nitrogens with one attached hydrogen (secondary N) is 2. The predicted molar refractivity (Wildman–Crippen MR) is 121 cm³/mol. The van der Waals surface area contributed by atoms with Gasteiger partial charge in [-0.3, -0.25) is 9.59 Å². The molecule has 0 spiro atoms. The van der Waals surface area contributed by atoms with E-state index in [0.717, 1.165) is 12.3 Å². The fourth-order valence-corrected chi connectivity index (χ4v) is 3.87. The molecule has 2 aromatic rings. The van der Waals surface area contributed by atoms with E-state index >= 15 is 0 Å². The maximum Gasteiger partial charge on any atom is 0.417 e. The Balaban J connectivity index is 1.61. The predicted octanol–water partition coefficient (Wildman–Crippen LogP) is 4.99. The van der Waals surface area contributed by atoms with Crippen LogP contribution in [0.4, 0.5) is 24.7 Å². The van der Waals surface area contributed by atoms with Crippen molar-refractivity contribution >= 4 is 34.9 Å². The molecular weight excluding hydrogens is 457 g/mol. The molecule has 0 unspecified atom stereocenters. The fraction of sp³-hybridized carbons (Fsp3) is 0.435. The van der Waals surface area contributed by atoms with Crippen molar-refractivity contribution in [3.05, 3.63) is 52.7 Å². The minimum Gasteiger partial charge on any atom is -0.355 e. The van der Waals surface area contributed by atoms with Crippen molar-refractivity contribution < 1.29 is 22.8 Å². The van der Waals surface area contributed by atoms with Gasteiger partial charge in [0.15, 0.2) is 0 Å². The summed E-state index contributed by atoms with van der Waals surface area (Å²) in [5.41, 5.74) is -0.0649. The van der Waals surface area contributed by atoms with Crippen molar-refractivity contribution in [1.29, 1.82) is 0 Å². The average molecular weight is 483 g/mol. The molecule has 0 aliphatic carbocycles. The Hall–Kier alpha value is -2.81. The van der Waals surface area contributed by atoms with Crippen LogP contribution in [0.2, 0.25) is 5.02 Å². The maximum absolute atomic E-state index is 12.8. The standard InChI is InChI=1S/C23H26ClF3N4O2/c1-14(2)12-29-22(33)17-5-3-4-6-19(17)30-21(32)15-7-9-31(10-8-15)20-18(24)11-16(13-28-20)23(25,26)27/h3-6,11,13-15H,7-10,12H2,1-2H3,(H,29,33)(H,30,32). The summed E-state index contributed by atoms with van der Waals surface area (Å²) in [6, 6.07) is 7.69. The van der Waals surface area contributed by atoms with Gasteiger partial charge in [0.25, 0.3) is 5.91 Å². The summed E-state index contributed by atoms with van der Waals surface area (Å²) in [6.45, 7) is 5.36. The molecule has 1 aliphatic rings. The number of pyridine rings is 1. The first kappa shape index (κ1) is 24.8. The van der Waals surface area contributed by atoms with Gasteiger partial charge in [-0.25, -0.2) is 4.98 Å². The fourth-order valence-electron chi connectivity index (χ4n) is 3.59. The van der Waals surface area contributed by atoms with E-state index in [1.807, 2.05) is 13.8 Å². The van der Waals surface area contributed by atoms with Crippen LogP contribution in [0.15, 0.2) is 36.5 Å². The van der Waals surface area contributed by atoms with Gasteiger partial charge in [-0.05, 0) is 37.0 Å². The highest BCUT2D eigenvalue weighted by atomic mass is 35.5. The number of anilines is 2. The van der Waals surface area contributed by atoms with E-state index in [2.05, 4.69) is 15.6 Å². The number of rotatable bonds is 6. The molecular formula is C23H26ClF3N4O2. The number of hydrogen-bond donors (Lipinski definition) is 2. The van der Waals surface area contributed by atoms with Gasteiger partial charge in [0.2, 0.25) is 5.91 Å². The molecule has 0 radical (unpaired) electrons. The summed E-state index contributed by atoms with van der Waals surface area (Å²) in [5.74, 6) is -0.187. The van der Waals surface area contributed by atoms with Gasteiger partial charge in [-0.15, -0.1) is 0 Å². The molecule has 1 aromatic heterocycles. The number of halogens is 4. The summed E-state index contributed by atoms with van der Waals surface area (Å²) in [6.07, 6.45) is -2.79. The van der Waals surface area contributed by atoms with Gasteiger partial charge in [0.05, 0.1) is 21.8 Å². The minimum atomic E-state index is -4.51. The molecule has 0 bridgehead atoms. The number of carbonyl (C=O) groups is 2. The molecule has 178 valence electrons.